The van der Waals surface area contributed by atoms with Crippen LogP contribution in [0.15, 0.2) is 18.2 Å². The lowest BCUT2D eigenvalue weighted by molar-refractivity contribution is -0.140. The second kappa shape index (κ2) is 7.04. The van der Waals surface area contributed by atoms with Crippen molar-refractivity contribution in [2.24, 2.45) is 11.8 Å². The summed E-state index contributed by atoms with van der Waals surface area (Å²) in [4.78, 5) is 0. The minimum atomic E-state index is -4.70. The first-order valence-corrected chi connectivity index (χ1v) is 6.66. The zero-order chi connectivity index (χ0) is 15.3. The molecule has 0 heterocycles. The maximum atomic E-state index is 14.0. The maximum Gasteiger partial charge on any atom is 0.419 e. The Morgan fingerprint density at radius 3 is 2.25 bits per heavy atom. The van der Waals surface area contributed by atoms with Crippen LogP contribution in [0, 0.1) is 11.7 Å². The van der Waals surface area contributed by atoms with Crippen molar-refractivity contribution in [3.8, 4) is 0 Å². The molecule has 1 aromatic rings. The Bertz CT molecular complexity index is 428. The Balaban J connectivity index is 3.10. The number of rotatable bonds is 6. The third-order valence-electron chi connectivity index (χ3n) is 3.63. The van der Waals surface area contributed by atoms with Crippen LogP contribution in [-0.2, 0) is 6.18 Å². The number of nitrogens with one attached hydrogen (secondary N) is 1. The van der Waals surface area contributed by atoms with Crippen molar-refractivity contribution in [1.29, 1.82) is 0 Å². The normalized spacial score (nSPS) is 13.8. The Morgan fingerprint density at radius 2 is 1.80 bits per heavy atom. The highest BCUT2D eigenvalue weighted by atomic mass is 19.4. The van der Waals surface area contributed by atoms with Crippen LogP contribution in [-0.4, -0.2) is 0 Å². The number of nitrogens with two attached hydrogens (primary N) is 1. The van der Waals surface area contributed by atoms with Crippen LogP contribution in [0.1, 0.15) is 50.3 Å². The topological polar surface area (TPSA) is 38.0 Å². The van der Waals surface area contributed by atoms with Gasteiger partial charge in [0.1, 0.15) is 5.82 Å². The molecule has 3 N–H and O–H groups in total. The van der Waals surface area contributed by atoms with Gasteiger partial charge in [0.25, 0.3) is 0 Å². The number of hydrogen-bond acceptors (Lipinski definition) is 2. The highest BCUT2D eigenvalue weighted by molar-refractivity contribution is 5.30. The Morgan fingerprint density at radius 1 is 1.20 bits per heavy atom. The van der Waals surface area contributed by atoms with Crippen LogP contribution in [0.25, 0.3) is 0 Å². The second-order valence-electron chi connectivity index (χ2n) is 4.84. The molecule has 114 valence electrons. The van der Waals surface area contributed by atoms with Gasteiger partial charge in [0, 0.05) is 11.6 Å². The first kappa shape index (κ1) is 16.9. The molecule has 0 aliphatic carbocycles. The largest absolute Gasteiger partial charge is 0.419 e. The van der Waals surface area contributed by atoms with Gasteiger partial charge in [0.05, 0.1) is 5.56 Å². The van der Waals surface area contributed by atoms with Gasteiger partial charge in [0.15, 0.2) is 0 Å². The molecule has 0 radical (unpaired) electrons. The first-order chi connectivity index (χ1) is 9.35. The van der Waals surface area contributed by atoms with Gasteiger partial charge in [-0.15, -0.1) is 0 Å². The number of hydrazine groups is 1. The van der Waals surface area contributed by atoms with E-state index in [1.54, 1.807) is 0 Å². The van der Waals surface area contributed by atoms with E-state index in [0.717, 1.165) is 18.9 Å². The van der Waals surface area contributed by atoms with Crippen molar-refractivity contribution < 1.29 is 17.6 Å². The van der Waals surface area contributed by atoms with Gasteiger partial charge in [-0.05, 0) is 18.4 Å². The van der Waals surface area contributed by atoms with E-state index in [0.29, 0.717) is 6.42 Å². The molecule has 0 spiro atoms. The number of hydrogen-bond donors (Lipinski definition) is 2. The molecule has 1 rings (SSSR count). The third-order valence-corrected chi connectivity index (χ3v) is 3.63. The van der Waals surface area contributed by atoms with E-state index in [4.69, 9.17) is 5.84 Å². The van der Waals surface area contributed by atoms with E-state index < -0.39 is 23.6 Å². The fourth-order valence-corrected chi connectivity index (χ4v) is 2.28. The van der Waals surface area contributed by atoms with E-state index >= 15 is 0 Å². The van der Waals surface area contributed by atoms with Crippen molar-refractivity contribution in [3.63, 3.8) is 0 Å². The first-order valence-electron chi connectivity index (χ1n) is 6.66. The van der Waals surface area contributed by atoms with Crippen molar-refractivity contribution >= 4 is 0 Å². The highest BCUT2D eigenvalue weighted by Gasteiger charge is 2.35. The minimum absolute atomic E-state index is 0.0331. The van der Waals surface area contributed by atoms with E-state index in [-0.39, 0.29) is 11.5 Å². The molecule has 2 nitrogen and oxygen atoms in total. The van der Waals surface area contributed by atoms with Gasteiger partial charge in [-0.3, -0.25) is 11.3 Å². The average molecular weight is 292 g/mol. The van der Waals surface area contributed by atoms with Gasteiger partial charge in [-0.2, -0.15) is 13.2 Å². The van der Waals surface area contributed by atoms with Gasteiger partial charge < -0.3 is 0 Å². The Hall–Kier alpha value is -1.14. The average Bonchev–Trinajstić information content (AvgIpc) is 2.40. The molecule has 0 bridgehead atoms. The molecule has 1 atom stereocenters. The molecular formula is C14H20F4N2. The monoisotopic (exact) mass is 292 g/mol. The van der Waals surface area contributed by atoms with Crippen molar-refractivity contribution in [2.45, 2.75) is 45.3 Å². The zero-order valence-corrected chi connectivity index (χ0v) is 11.6. The summed E-state index contributed by atoms with van der Waals surface area (Å²) in [5.74, 6) is 4.43. The molecule has 0 aromatic heterocycles. The number of benzene rings is 1. The summed E-state index contributed by atoms with van der Waals surface area (Å²) in [6, 6.07) is 2.67. The molecule has 1 unspecified atom stereocenters. The SMILES string of the molecule is CCC(CC)CC(NN)c1cccc(C(F)(F)F)c1F. The quantitative estimate of drug-likeness (QED) is 0.469. The molecule has 0 saturated carbocycles. The van der Waals surface area contributed by atoms with Gasteiger partial charge >= 0.3 is 6.18 Å². The van der Waals surface area contributed by atoms with Gasteiger partial charge in [0.2, 0.25) is 0 Å². The van der Waals surface area contributed by atoms with Crippen LogP contribution < -0.4 is 11.3 Å². The van der Waals surface area contributed by atoms with Crippen molar-refractivity contribution in [2.75, 3.05) is 0 Å². The summed E-state index contributed by atoms with van der Waals surface area (Å²) in [5.41, 5.74) is 1.15. The molecule has 0 saturated heterocycles. The fraction of sp³-hybridized carbons (Fsp3) is 0.571. The van der Waals surface area contributed by atoms with Crippen LogP contribution >= 0.6 is 0 Å². The summed E-state index contributed by atoms with van der Waals surface area (Å²) >= 11 is 0. The minimum Gasteiger partial charge on any atom is -0.271 e. The molecule has 1 aromatic carbocycles. The summed E-state index contributed by atoms with van der Waals surface area (Å²) in [7, 11) is 0. The predicted molar refractivity (Wildman–Crippen MR) is 70.2 cm³/mol. The van der Waals surface area contributed by atoms with Crippen molar-refractivity contribution in [1.82, 2.24) is 5.43 Å². The van der Waals surface area contributed by atoms with Crippen LogP contribution in [0.3, 0.4) is 0 Å². The third kappa shape index (κ3) is 3.93. The van der Waals surface area contributed by atoms with E-state index in [1.165, 1.54) is 12.1 Å². The molecule has 0 aliphatic heterocycles. The Kier molecular flexibility index (Phi) is 5.95. The molecule has 0 fully saturated rings. The molecule has 20 heavy (non-hydrogen) atoms. The molecular weight excluding hydrogens is 272 g/mol. The maximum absolute atomic E-state index is 14.0. The van der Waals surface area contributed by atoms with E-state index in [9.17, 15) is 17.6 Å². The van der Waals surface area contributed by atoms with Gasteiger partial charge in [-0.25, -0.2) is 4.39 Å². The lowest BCUT2D eigenvalue weighted by Gasteiger charge is -2.23. The van der Waals surface area contributed by atoms with Crippen LogP contribution in [0.2, 0.25) is 0 Å². The van der Waals surface area contributed by atoms with Crippen molar-refractivity contribution in [3.05, 3.63) is 35.1 Å². The predicted octanol–water partition coefficient (Wildman–Crippen LogP) is 4.18. The summed E-state index contributed by atoms with van der Waals surface area (Å²) in [5, 5.41) is 0. The molecule has 0 amide bonds. The van der Waals surface area contributed by atoms with Gasteiger partial charge in [-0.1, -0.05) is 38.8 Å². The smallest absolute Gasteiger partial charge is 0.271 e. The van der Waals surface area contributed by atoms with Crippen LogP contribution in [0.4, 0.5) is 17.6 Å². The lowest BCUT2D eigenvalue weighted by atomic mass is 9.90. The van der Waals surface area contributed by atoms with E-state index in [2.05, 4.69) is 5.43 Å². The fourth-order valence-electron chi connectivity index (χ4n) is 2.28. The summed E-state index contributed by atoms with van der Waals surface area (Å²) in [6.45, 7) is 3.98. The number of alkyl halides is 3. The molecule has 6 heteroatoms. The zero-order valence-electron chi connectivity index (χ0n) is 11.6. The standard InChI is InChI=1S/C14H20F4N2/c1-3-9(4-2)8-12(20-19)10-6-5-7-11(13(10)15)14(16,17)18/h5-7,9,12,20H,3-4,8,19H2,1-2H3. The highest BCUT2D eigenvalue weighted by Crippen LogP contribution is 2.35. The Labute approximate surface area is 116 Å². The second-order valence-corrected chi connectivity index (χ2v) is 4.84. The summed E-state index contributed by atoms with van der Waals surface area (Å²) in [6.07, 6.45) is -2.46. The molecule has 0 aliphatic rings. The lowest BCUT2D eigenvalue weighted by Crippen LogP contribution is -2.30. The van der Waals surface area contributed by atoms with Crippen LogP contribution in [0.5, 0.6) is 0 Å². The summed E-state index contributed by atoms with van der Waals surface area (Å²) < 4.78 is 52.1. The number of halogens is 4. The van der Waals surface area contributed by atoms with E-state index in [1.807, 2.05) is 13.8 Å².